The van der Waals surface area contributed by atoms with Crippen molar-refractivity contribution in [2.75, 3.05) is 0 Å². The van der Waals surface area contributed by atoms with Crippen molar-refractivity contribution in [1.82, 2.24) is 0 Å². The molecule has 0 aliphatic heterocycles. The van der Waals surface area contributed by atoms with Gasteiger partial charge in [-0.3, -0.25) is 4.79 Å². The average Bonchev–Trinajstić information content (AvgIpc) is 2.09. The molecule has 0 fully saturated rings. The van der Waals surface area contributed by atoms with Gasteiger partial charge < -0.3 is 0 Å². The van der Waals surface area contributed by atoms with Gasteiger partial charge in [0.2, 0.25) is 5.78 Å². The summed E-state index contributed by atoms with van der Waals surface area (Å²) in [7, 11) is 0. The zero-order valence-electron chi connectivity index (χ0n) is 8.89. The summed E-state index contributed by atoms with van der Waals surface area (Å²) < 4.78 is 0. The van der Waals surface area contributed by atoms with Crippen molar-refractivity contribution >= 4 is 5.78 Å². The Balaban J connectivity index is 3.79. The first kappa shape index (κ1) is 12.4. The summed E-state index contributed by atoms with van der Waals surface area (Å²) >= 11 is 0. The Labute approximate surface area is 86.2 Å². The second kappa shape index (κ2) is 6.91. The first-order chi connectivity index (χ1) is 6.54. The lowest BCUT2D eigenvalue weighted by molar-refractivity contribution is -0.110. The second-order valence-electron chi connectivity index (χ2n) is 3.20. The van der Waals surface area contributed by atoms with E-state index in [1.807, 2.05) is 19.1 Å². The number of allylic oxidation sites excluding steroid dienone is 4. The first-order valence-electron chi connectivity index (χ1n) is 4.55. The Morgan fingerprint density at radius 3 is 2.50 bits per heavy atom. The van der Waals surface area contributed by atoms with E-state index in [1.165, 1.54) is 0 Å². The van der Waals surface area contributed by atoms with E-state index in [4.69, 9.17) is 0 Å². The fraction of sp³-hybridized carbons (Fsp3) is 0.308. The zero-order chi connectivity index (χ0) is 11.0. The van der Waals surface area contributed by atoms with E-state index in [-0.39, 0.29) is 5.78 Å². The summed E-state index contributed by atoms with van der Waals surface area (Å²) in [5, 5.41) is 0. The molecule has 0 amide bonds. The molecule has 1 heteroatoms. The zero-order valence-corrected chi connectivity index (χ0v) is 8.89. The molecule has 1 nitrogen and oxygen atoms in total. The minimum Gasteiger partial charge on any atom is -0.280 e. The van der Waals surface area contributed by atoms with Gasteiger partial charge in [-0.05, 0) is 31.8 Å². The molecule has 0 radical (unpaired) electrons. The van der Waals surface area contributed by atoms with Crippen molar-refractivity contribution in [2.45, 2.75) is 26.7 Å². The Morgan fingerprint density at radius 2 is 2.00 bits per heavy atom. The molecule has 0 N–H and O–H groups in total. The van der Waals surface area contributed by atoms with Gasteiger partial charge in [-0.1, -0.05) is 36.8 Å². The number of carbonyl (C=O) groups excluding carboxylic acids is 1. The van der Waals surface area contributed by atoms with Crippen LogP contribution >= 0.6 is 0 Å². The van der Waals surface area contributed by atoms with Crippen LogP contribution in [0.1, 0.15) is 26.7 Å². The topological polar surface area (TPSA) is 17.1 Å². The molecule has 0 unspecified atom stereocenters. The quantitative estimate of drug-likeness (QED) is 0.218. The van der Waals surface area contributed by atoms with Crippen molar-refractivity contribution in [1.29, 1.82) is 0 Å². The van der Waals surface area contributed by atoms with Crippen LogP contribution in [-0.2, 0) is 4.79 Å². The van der Waals surface area contributed by atoms with Crippen LogP contribution in [0, 0.1) is 11.8 Å². The predicted molar refractivity (Wildman–Crippen MR) is 60.8 cm³/mol. The Hall–Kier alpha value is -1.55. The van der Waals surface area contributed by atoms with Crippen LogP contribution in [0.5, 0.6) is 0 Å². The number of Topliss-reactive ketones (excluding diaryl/α,β-unsaturated/α-hetero) is 1. The summed E-state index contributed by atoms with van der Waals surface area (Å²) in [6, 6.07) is 0. The number of carbonyl (C=O) groups is 1. The van der Waals surface area contributed by atoms with Crippen LogP contribution in [0.2, 0.25) is 0 Å². The largest absolute Gasteiger partial charge is 0.280 e. The third-order valence-electron chi connectivity index (χ3n) is 1.43. The Bertz CT molecular complexity index is 321. The van der Waals surface area contributed by atoms with Crippen molar-refractivity contribution in [3.8, 4) is 11.8 Å². The van der Waals surface area contributed by atoms with E-state index in [0.29, 0.717) is 12.0 Å². The fourth-order valence-electron chi connectivity index (χ4n) is 0.689. The van der Waals surface area contributed by atoms with Gasteiger partial charge in [0.1, 0.15) is 0 Å². The monoisotopic (exact) mass is 188 g/mol. The molecule has 74 valence electrons. The molecule has 0 saturated carbocycles. The second-order valence-corrected chi connectivity index (χ2v) is 3.20. The van der Waals surface area contributed by atoms with Gasteiger partial charge >= 0.3 is 0 Å². The smallest absolute Gasteiger partial charge is 0.230 e. The lowest BCUT2D eigenvalue weighted by Gasteiger charge is -1.86. The summed E-state index contributed by atoms with van der Waals surface area (Å²) in [5.74, 6) is 5.15. The standard InChI is InChI=1S/C13H16O/c1-11(2)9-7-5-6-8-10-13(14)12(3)4/h7,9H,1,3,5-6H2,2,4H3/b9-7+. The maximum absolute atomic E-state index is 11.0. The molecule has 0 aliphatic rings. The van der Waals surface area contributed by atoms with Crippen LogP contribution in [0.25, 0.3) is 0 Å². The molecule has 0 atom stereocenters. The van der Waals surface area contributed by atoms with Crippen LogP contribution in [0.3, 0.4) is 0 Å². The van der Waals surface area contributed by atoms with Crippen molar-refractivity contribution in [3.05, 3.63) is 36.5 Å². The van der Waals surface area contributed by atoms with Gasteiger partial charge in [-0.2, -0.15) is 0 Å². The molecule has 0 aromatic heterocycles. The maximum atomic E-state index is 11.0. The van der Waals surface area contributed by atoms with E-state index < -0.39 is 0 Å². The van der Waals surface area contributed by atoms with Gasteiger partial charge in [0.05, 0.1) is 0 Å². The van der Waals surface area contributed by atoms with Crippen molar-refractivity contribution in [2.24, 2.45) is 0 Å². The van der Waals surface area contributed by atoms with Gasteiger partial charge in [0.15, 0.2) is 0 Å². The minimum absolute atomic E-state index is 0.172. The third kappa shape index (κ3) is 7.12. The highest BCUT2D eigenvalue weighted by Crippen LogP contribution is 1.95. The van der Waals surface area contributed by atoms with Crippen molar-refractivity contribution in [3.63, 3.8) is 0 Å². The summed E-state index contributed by atoms with van der Waals surface area (Å²) in [4.78, 5) is 11.0. The van der Waals surface area contributed by atoms with Crippen LogP contribution in [0.15, 0.2) is 36.5 Å². The molecule has 14 heavy (non-hydrogen) atoms. The minimum atomic E-state index is -0.172. The summed E-state index contributed by atoms with van der Waals surface area (Å²) in [6.07, 6.45) is 5.50. The lowest BCUT2D eigenvalue weighted by atomic mass is 10.2. The number of rotatable bonds is 4. The van der Waals surface area contributed by atoms with E-state index >= 15 is 0 Å². The average molecular weight is 188 g/mol. The molecule has 0 rings (SSSR count). The maximum Gasteiger partial charge on any atom is 0.230 e. The number of hydrogen-bond donors (Lipinski definition) is 0. The van der Waals surface area contributed by atoms with Crippen molar-refractivity contribution < 1.29 is 4.79 Å². The molecular formula is C13H16O. The van der Waals surface area contributed by atoms with Gasteiger partial charge in [-0.15, -0.1) is 0 Å². The van der Waals surface area contributed by atoms with Crippen LogP contribution in [-0.4, -0.2) is 5.78 Å². The van der Waals surface area contributed by atoms with E-state index in [0.717, 1.165) is 12.0 Å². The summed E-state index contributed by atoms with van der Waals surface area (Å²) in [6.45, 7) is 10.9. The lowest BCUT2D eigenvalue weighted by Crippen LogP contribution is -1.92. The molecular weight excluding hydrogens is 172 g/mol. The molecule has 0 heterocycles. The normalized spacial score (nSPS) is 9.29. The van der Waals surface area contributed by atoms with Gasteiger partial charge in [0.25, 0.3) is 0 Å². The first-order valence-corrected chi connectivity index (χ1v) is 4.55. The van der Waals surface area contributed by atoms with E-state index in [2.05, 4.69) is 25.0 Å². The van der Waals surface area contributed by atoms with Crippen LogP contribution < -0.4 is 0 Å². The van der Waals surface area contributed by atoms with Crippen LogP contribution in [0.4, 0.5) is 0 Å². The summed E-state index contributed by atoms with van der Waals surface area (Å²) in [5.41, 5.74) is 1.52. The Kier molecular flexibility index (Phi) is 6.15. The van der Waals surface area contributed by atoms with Gasteiger partial charge in [-0.25, -0.2) is 0 Å². The molecule has 0 bridgehead atoms. The molecule has 0 saturated heterocycles. The predicted octanol–water partition coefficient (Wildman–Crippen LogP) is 3.05. The number of hydrogen-bond acceptors (Lipinski definition) is 1. The van der Waals surface area contributed by atoms with E-state index in [9.17, 15) is 4.79 Å². The SMILES string of the molecule is C=C(C)/C=C/CCC#CC(=O)C(=C)C. The van der Waals surface area contributed by atoms with Gasteiger partial charge in [0, 0.05) is 6.42 Å². The fourth-order valence-corrected chi connectivity index (χ4v) is 0.689. The molecule has 0 spiro atoms. The molecule has 0 aromatic rings. The number of unbranched alkanes of at least 4 members (excludes halogenated alkanes) is 1. The molecule has 0 aromatic carbocycles. The highest BCUT2D eigenvalue weighted by Gasteiger charge is 1.93. The molecule has 0 aliphatic carbocycles. The highest BCUT2D eigenvalue weighted by molar-refractivity contribution is 6.07. The third-order valence-corrected chi connectivity index (χ3v) is 1.43. The van der Waals surface area contributed by atoms with E-state index in [1.54, 1.807) is 6.92 Å². The number of ketones is 1. The Morgan fingerprint density at radius 1 is 1.36 bits per heavy atom. The highest BCUT2D eigenvalue weighted by atomic mass is 16.1.